The highest BCUT2D eigenvalue weighted by molar-refractivity contribution is 5.92. The van der Waals surface area contributed by atoms with Crippen LogP contribution in [0.25, 0.3) is 0 Å². The lowest BCUT2D eigenvalue weighted by molar-refractivity contribution is 0.0776. The molecule has 0 aliphatic heterocycles. The first-order valence-corrected chi connectivity index (χ1v) is 5.58. The Morgan fingerprint density at radius 1 is 1.44 bits per heavy atom. The van der Waals surface area contributed by atoms with E-state index in [4.69, 9.17) is 0 Å². The Morgan fingerprint density at radius 2 is 2.28 bits per heavy atom. The van der Waals surface area contributed by atoms with Gasteiger partial charge < -0.3 is 15.2 Å². The number of hydrogen-bond acceptors (Lipinski definition) is 4. The van der Waals surface area contributed by atoms with Gasteiger partial charge in [-0.25, -0.2) is 9.97 Å². The van der Waals surface area contributed by atoms with Crippen molar-refractivity contribution >= 4 is 11.6 Å². The number of aromatic nitrogens is 3. The summed E-state index contributed by atoms with van der Waals surface area (Å²) in [6, 6.07) is 3.52. The van der Waals surface area contributed by atoms with E-state index in [1.807, 2.05) is 13.1 Å². The quantitative estimate of drug-likeness (QED) is 0.846. The van der Waals surface area contributed by atoms with Crippen LogP contribution in [0.15, 0.2) is 30.7 Å². The van der Waals surface area contributed by atoms with Crippen LogP contribution in [0.5, 0.6) is 0 Å². The van der Waals surface area contributed by atoms with E-state index in [1.165, 1.54) is 0 Å². The number of rotatable bonds is 4. The molecular formula is C12H15N5O. The van der Waals surface area contributed by atoms with Crippen molar-refractivity contribution in [2.24, 2.45) is 0 Å². The molecule has 0 aliphatic rings. The average Bonchev–Trinajstić information content (AvgIpc) is 2.91. The predicted molar refractivity (Wildman–Crippen MR) is 68.2 cm³/mol. The van der Waals surface area contributed by atoms with Gasteiger partial charge in [0.25, 0.3) is 5.91 Å². The standard InChI is InChI=1S/C12H15N5O/c1-13-9-3-4-10(16-7-9)12(18)17(2)8-11-14-5-6-15-11/h3-7,13H,8H2,1-2H3,(H,14,15). The summed E-state index contributed by atoms with van der Waals surface area (Å²) in [6.07, 6.45) is 5.02. The van der Waals surface area contributed by atoms with E-state index in [0.29, 0.717) is 12.2 Å². The largest absolute Gasteiger partial charge is 0.387 e. The lowest BCUT2D eigenvalue weighted by Crippen LogP contribution is -2.27. The highest BCUT2D eigenvalue weighted by Gasteiger charge is 2.13. The summed E-state index contributed by atoms with van der Waals surface area (Å²) >= 11 is 0. The second-order valence-corrected chi connectivity index (χ2v) is 3.88. The molecule has 2 heterocycles. The van der Waals surface area contributed by atoms with Crippen molar-refractivity contribution in [2.45, 2.75) is 6.54 Å². The Morgan fingerprint density at radius 3 is 2.83 bits per heavy atom. The number of amides is 1. The van der Waals surface area contributed by atoms with Gasteiger partial charge in [0.2, 0.25) is 0 Å². The average molecular weight is 245 g/mol. The maximum absolute atomic E-state index is 12.1. The van der Waals surface area contributed by atoms with Crippen LogP contribution in [0.3, 0.4) is 0 Å². The van der Waals surface area contributed by atoms with Gasteiger partial charge in [-0.1, -0.05) is 0 Å². The fourth-order valence-electron chi connectivity index (χ4n) is 1.54. The number of imidazole rings is 1. The topological polar surface area (TPSA) is 73.9 Å². The Balaban J connectivity index is 2.05. The minimum Gasteiger partial charge on any atom is -0.387 e. The number of carbonyl (C=O) groups excluding carboxylic acids is 1. The molecule has 0 saturated carbocycles. The molecule has 2 N–H and O–H groups in total. The van der Waals surface area contributed by atoms with Gasteiger partial charge in [-0.2, -0.15) is 0 Å². The predicted octanol–water partition coefficient (Wildman–Crippen LogP) is 1.12. The number of H-pyrrole nitrogens is 1. The molecule has 1 amide bonds. The molecule has 0 bridgehead atoms. The lowest BCUT2D eigenvalue weighted by Gasteiger charge is -2.15. The molecule has 0 unspecified atom stereocenters. The third-order valence-corrected chi connectivity index (χ3v) is 2.56. The molecular weight excluding hydrogens is 230 g/mol. The van der Waals surface area contributed by atoms with Crippen molar-refractivity contribution in [3.63, 3.8) is 0 Å². The molecule has 0 aromatic carbocycles. The number of pyridine rings is 1. The highest BCUT2D eigenvalue weighted by Crippen LogP contribution is 2.08. The number of anilines is 1. The second kappa shape index (κ2) is 5.31. The van der Waals surface area contributed by atoms with Crippen molar-refractivity contribution in [1.82, 2.24) is 19.9 Å². The summed E-state index contributed by atoms with van der Waals surface area (Å²) in [5, 5.41) is 2.96. The maximum atomic E-state index is 12.1. The van der Waals surface area contributed by atoms with Gasteiger partial charge in [-0.15, -0.1) is 0 Å². The summed E-state index contributed by atoms with van der Waals surface area (Å²) < 4.78 is 0. The fraction of sp³-hybridized carbons (Fsp3) is 0.250. The number of aromatic amines is 1. The smallest absolute Gasteiger partial charge is 0.272 e. The third-order valence-electron chi connectivity index (χ3n) is 2.56. The summed E-state index contributed by atoms with van der Waals surface area (Å²) in [5.74, 6) is 0.617. The fourth-order valence-corrected chi connectivity index (χ4v) is 1.54. The third kappa shape index (κ3) is 2.65. The molecule has 0 aliphatic carbocycles. The van der Waals surface area contributed by atoms with Crippen LogP contribution >= 0.6 is 0 Å². The van der Waals surface area contributed by atoms with E-state index in [-0.39, 0.29) is 5.91 Å². The molecule has 2 aromatic rings. The van der Waals surface area contributed by atoms with Crippen LogP contribution in [-0.2, 0) is 6.54 Å². The van der Waals surface area contributed by atoms with Crippen LogP contribution in [0, 0.1) is 0 Å². The molecule has 18 heavy (non-hydrogen) atoms. The summed E-state index contributed by atoms with van der Waals surface area (Å²) in [7, 11) is 3.53. The van der Waals surface area contributed by atoms with E-state index < -0.39 is 0 Å². The molecule has 6 heteroatoms. The first-order valence-electron chi connectivity index (χ1n) is 5.58. The SMILES string of the molecule is CNc1ccc(C(=O)N(C)Cc2ncc[nH]2)nc1. The van der Waals surface area contributed by atoms with E-state index >= 15 is 0 Å². The zero-order chi connectivity index (χ0) is 13.0. The maximum Gasteiger partial charge on any atom is 0.272 e. The monoisotopic (exact) mass is 245 g/mol. The van der Waals surface area contributed by atoms with Crippen LogP contribution < -0.4 is 5.32 Å². The summed E-state index contributed by atoms with van der Waals surface area (Å²) in [5.41, 5.74) is 1.29. The molecule has 2 aromatic heterocycles. The van der Waals surface area contributed by atoms with Crippen molar-refractivity contribution < 1.29 is 4.79 Å². The van der Waals surface area contributed by atoms with Gasteiger partial charge in [0.05, 0.1) is 18.4 Å². The van der Waals surface area contributed by atoms with E-state index in [2.05, 4.69) is 20.3 Å². The van der Waals surface area contributed by atoms with Crippen molar-refractivity contribution in [3.05, 3.63) is 42.2 Å². The Labute approximate surface area is 105 Å². The Bertz CT molecular complexity index is 506. The van der Waals surface area contributed by atoms with Gasteiger partial charge in [-0.05, 0) is 12.1 Å². The van der Waals surface area contributed by atoms with E-state index in [0.717, 1.165) is 11.5 Å². The van der Waals surface area contributed by atoms with Gasteiger partial charge in [0, 0.05) is 26.5 Å². The minimum atomic E-state index is -0.131. The number of nitrogens with one attached hydrogen (secondary N) is 2. The van der Waals surface area contributed by atoms with Crippen molar-refractivity contribution in [1.29, 1.82) is 0 Å². The zero-order valence-electron chi connectivity index (χ0n) is 10.3. The summed E-state index contributed by atoms with van der Waals surface area (Å²) in [6.45, 7) is 0.432. The molecule has 0 spiro atoms. The van der Waals surface area contributed by atoms with Crippen LogP contribution in [0.4, 0.5) is 5.69 Å². The van der Waals surface area contributed by atoms with E-state index in [9.17, 15) is 4.79 Å². The van der Waals surface area contributed by atoms with Crippen LogP contribution in [0.1, 0.15) is 16.3 Å². The second-order valence-electron chi connectivity index (χ2n) is 3.88. The lowest BCUT2D eigenvalue weighted by atomic mass is 10.3. The molecule has 94 valence electrons. The Kier molecular flexibility index (Phi) is 3.57. The molecule has 0 fully saturated rings. The Hall–Kier alpha value is -2.37. The van der Waals surface area contributed by atoms with Gasteiger partial charge in [-0.3, -0.25) is 4.79 Å². The van der Waals surface area contributed by atoms with Crippen LogP contribution in [-0.4, -0.2) is 39.9 Å². The molecule has 6 nitrogen and oxygen atoms in total. The normalized spacial score (nSPS) is 10.1. The van der Waals surface area contributed by atoms with Crippen LogP contribution in [0.2, 0.25) is 0 Å². The van der Waals surface area contributed by atoms with Crippen molar-refractivity contribution in [3.8, 4) is 0 Å². The first kappa shape index (κ1) is 12.1. The minimum absolute atomic E-state index is 0.131. The van der Waals surface area contributed by atoms with Crippen molar-refractivity contribution in [2.75, 3.05) is 19.4 Å². The van der Waals surface area contributed by atoms with Gasteiger partial charge in [0.1, 0.15) is 11.5 Å². The molecule has 0 radical (unpaired) electrons. The number of nitrogens with zero attached hydrogens (tertiary/aromatic N) is 3. The van der Waals surface area contributed by atoms with Gasteiger partial charge in [0.15, 0.2) is 0 Å². The number of hydrogen-bond donors (Lipinski definition) is 2. The molecule has 0 atom stereocenters. The van der Waals surface area contributed by atoms with Gasteiger partial charge >= 0.3 is 0 Å². The first-order chi connectivity index (χ1) is 8.70. The number of carbonyl (C=O) groups is 1. The van der Waals surface area contributed by atoms with E-state index in [1.54, 1.807) is 36.6 Å². The molecule has 2 rings (SSSR count). The summed E-state index contributed by atoms with van der Waals surface area (Å²) in [4.78, 5) is 24.8. The zero-order valence-corrected chi connectivity index (χ0v) is 10.3. The molecule has 0 saturated heterocycles. The highest BCUT2D eigenvalue weighted by atomic mass is 16.2.